The predicted molar refractivity (Wildman–Crippen MR) is 127 cm³/mol. The third-order valence-corrected chi connectivity index (χ3v) is 5.05. The molecule has 4 rings (SSSR count). The van der Waals surface area contributed by atoms with E-state index in [1.807, 2.05) is 92.7 Å². The Morgan fingerprint density at radius 1 is 0.812 bits per heavy atom. The number of hydrogen-bond donors (Lipinski definition) is 1. The van der Waals surface area contributed by atoms with E-state index >= 15 is 0 Å². The number of amides is 1. The quantitative estimate of drug-likeness (QED) is 0.413. The minimum Gasteiger partial charge on any atom is -0.492 e. The van der Waals surface area contributed by atoms with Crippen LogP contribution >= 0.6 is 0 Å². The minimum atomic E-state index is -0.280. The van der Waals surface area contributed by atoms with Crippen LogP contribution < -0.4 is 10.1 Å². The second-order valence-corrected chi connectivity index (χ2v) is 7.60. The largest absolute Gasteiger partial charge is 0.492 e. The maximum atomic E-state index is 12.7. The number of ether oxygens (including phenoxy) is 1. The van der Waals surface area contributed by atoms with E-state index in [9.17, 15) is 4.79 Å². The fourth-order valence-corrected chi connectivity index (χ4v) is 3.27. The van der Waals surface area contributed by atoms with Crippen LogP contribution in [-0.2, 0) is 0 Å². The number of para-hydroxylation sites is 1. The molecular formula is C27H25N3O2. The molecule has 0 aliphatic carbocycles. The molecule has 4 aromatic rings. The second-order valence-electron chi connectivity index (χ2n) is 7.60. The van der Waals surface area contributed by atoms with Crippen molar-refractivity contribution in [1.29, 1.82) is 0 Å². The van der Waals surface area contributed by atoms with Gasteiger partial charge in [-0.05, 0) is 26.0 Å². The maximum Gasteiger partial charge on any atom is 0.271 e. The summed E-state index contributed by atoms with van der Waals surface area (Å²) >= 11 is 0. The van der Waals surface area contributed by atoms with Gasteiger partial charge >= 0.3 is 0 Å². The van der Waals surface area contributed by atoms with Gasteiger partial charge in [0.1, 0.15) is 18.1 Å². The Labute approximate surface area is 188 Å². The van der Waals surface area contributed by atoms with Crippen LogP contribution in [0.3, 0.4) is 0 Å². The van der Waals surface area contributed by atoms with Gasteiger partial charge in [0.25, 0.3) is 5.91 Å². The van der Waals surface area contributed by atoms with Crippen LogP contribution in [0.2, 0.25) is 0 Å². The Hall–Kier alpha value is -3.99. The molecule has 0 unspecified atom stereocenters. The number of nitrogens with one attached hydrogen (secondary N) is 1. The van der Waals surface area contributed by atoms with Gasteiger partial charge in [0.2, 0.25) is 0 Å². The predicted octanol–water partition coefficient (Wildman–Crippen LogP) is 5.24. The van der Waals surface area contributed by atoms with E-state index < -0.39 is 0 Å². The summed E-state index contributed by atoms with van der Waals surface area (Å²) in [7, 11) is 0. The molecule has 0 atom stereocenters. The average Bonchev–Trinajstić information content (AvgIpc) is 2.83. The molecule has 160 valence electrons. The molecule has 3 aromatic carbocycles. The molecule has 0 aliphatic rings. The standard InChI is InChI=1S/C27H25N3O2/c1-19-8-12-21(13-9-19)25-26(22-14-10-20(2)11-15-22)30-24(18-29-25)27(31)28-16-17-32-23-6-4-3-5-7-23/h3-15,18H,16-17H2,1-2H3,(H,28,31). The lowest BCUT2D eigenvalue weighted by Gasteiger charge is -2.12. The smallest absolute Gasteiger partial charge is 0.271 e. The first-order valence-electron chi connectivity index (χ1n) is 10.6. The van der Waals surface area contributed by atoms with Crippen LogP contribution in [0.25, 0.3) is 22.5 Å². The first-order valence-corrected chi connectivity index (χ1v) is 10.6. The molecule has 0 saturated carbocycles. The number of aryl methyl sites for hydroxylation is 2. The third kappa shape index (κ3) is 5.19. The Morgan fingerprint density at radius 2 is 1.41 bits per heavy atom. The molecule has 0 bridgehead atoms. The van der Waals surface area contributed by atoms with E-state index in [-0.39, 0.29) is 11.6 Å². The van der Waals surface area contributed by atoms with Gasteiger partial charge in [0.05, 0.1) is 24.1 Å². The van der Waals surface area contributed by atoms with Crippen molar-refractivity contribution in [1.82, 2.24) is 15.3 Å². The average molecular weight is 424 g/mol. The number of rotatable bonds is 7. The van der Waals surface area contributed by atoms with Crippen molar-refractivity contribution in [2.45, 2.75) is 13.8 Å². The number of nitrogens with zero attached hydrogens (tertiary/aromatic N) is 2. The van der Waals surface area contributed by atoms with Crippen molar-refractivity contribution in [3.8, 4) is 28.3 Å². The first-order chi connectivity index (χ1) is 15.6. The summed E-state index contributed by atoms with van der Waals surface area (Å²) in [6.07, 6.45) is 1.53. The van der Waals surface area contributed by atoms with E-state index in [2.05, 4.69) is 10.3 Å². The molecule has 5 heteroatoms. The number of carbonyl (C=O) groups is 1. The molecular weight excluding hydrogens is 398 g/mol. The molecule has 1 heterocycles. The molecule has 1 N–H and O–H groups in total. The fourth-order valence-electron chi connectivity index (χ4n) is 3.27. The monoisotopic (exact) mass is 423 g/mol. The highest BCUT2D eigenvalue weighted by molar-refractivity contribution is 5.93. The molecule has 5 nitrogen and oxygen atoms in total. The van der Waals surface area contributed by atoms with Crippen LogP contribution in [0, 0.1) is 13.8 Å². The van der Waals surface area contributed by atoms with Gasteiger partial charge in [-0.2, -0.15) is 0 Å². The number of hydrogen-bond acceptors (Lipinski definition) is 4. The van der Waals surface area contributed by atoms with E-state index in [0.717, 1.165) is 28.1 Å². The molecule has 1 amide bonds. The van der Waals surface area contributed by atoms with E-state index in [1.165, 1.54) is 11.8 Å². The summed E-state index contributed by atoms with van der Waals surface area (Å²) in [4.78, 5) is 22.0. The van der Waals surface area contributed by atoms with Crippen molar-refractivity contribution in [2.24, 2.45) is 0 Å². The van der Waals surface area contributed by atoms with Crippen LogP contribution in [0.1, 0.15) is 21.6 Å². The number of aromatic nitrogens is 2. The zero-order valence-corrected chi connectivity index (χ0v) is 18.2. The Bertz CT molecular complexity index is 1190. The Kier molecular flexibility index (Phi) is 6.56. The third-order valence-electron chi connectivity index (χ3n) is 5.05. The van der Waals surface area contributed by atoms with Crippen LogP contribution in [0.15, 0.2) is 85.1 Å². The summed E-state index contributed by atoms with van der Waals surface area (Å²) in [6.45, 7) is 4.83. The molecule has 0 aliphatic heterocycles. The summed E-state index contributed by atoms with van der Waals surface area (Å²) in [5.74, 6) is 0.489. The lowest BCUT2D eigenvalue weighted by Crippen LogP contribution is -2.29. The van der Waals surface area contributed by atoms with Gasteiger partial charge in [0.15, 0.2) is 0 Å². The van der Waals surface area contributed by atoms with Crippen LogP contribution in [0.5, 0.6) is 5.75 Å². The van der Waals surface area contributed by atoms with Crippen molar-refractivity contribution >= 4 is 5.91 Å². The number of benzene rings is 3. The molecule has 1 aromatic heterocycles. The molecule has 0 spiro atoms. The second kappa shape index (κ2) is 9.88. The number of carbonyl (C=O) groups excluding carboxylic acids is 1. The highest BCUT2D eigenvalue weighted by Gasteiger charge is 2.16. The molecule has 0 saturated heterocycles. The van der Waals surface area contributed by atoms with Crippen molar-refractivity contribution in [2.75, 3.05) is 13.2 Å². The SMILES string of the molecule is Cc1ccc(-c2ncc(C(=O)NCCOc3ccccc3)nc2-c2ccc(C)cc2)cc1. The zero-order chi connectivity index (χ0) is 22.3. The van der Waals surface area contributed by atoms with Gasteiger partial charge in [-0.1, -0.05) is 77.9 Å². The highest BCUT2D eigenvalue weighted by atomic mass is 16.5. The van der Waals surface area contributed by atoms with E-state index in [4.69, 9.17) is 9.72 Å². The summed E-state index contributed by atoms with van der Waals surface area (Å²) in [5.41, 5.74) is 5.91. The van der Waals surface area contributed by atoms with Crippen molar-refractivity contribution in [3.63, 3.8) is 0 Å². The zero-order valence-electron chi connectivity index (χ0n) is 18.2. The summed E-state index contributed by atoms with van der Waals surface area (Å²) in [6, 6.07) is 25.7. The maximum absolute atomic E-state index is 12.7. The van der Waals surface area contributed by atoms with Gasteiger partial charge in [0, 0.05) is 11.1 Å². The Morgan fingerprint density at radius 3 is 2.03 bits per heavy atom. The molecule has 0 fully saturated rings. The van der Waals surface area contributed by atoms with Crippen molar-refractivity contribution in [3.05, 3.63) is 102 Å². The lowest BCUT2D eigenvalue weighted by atomic mass is 10.0. The van der Waals surface area contributed by atoms with Crippen LogP contribution in [-0.4, -0.2) is 29.0 Å². The molecule has 32 heavy (non-hydrogen) atoms. The normalized spacial score (nSPS) is 10.6. The summed E-state index contributed by atoms with van der Waals surface area (Å²) in [5, 5.41) is 2.86. The first kappa shape index (κ1) is 21.2. The van der Waals surface area contributed by atoms with Gasteiger partial charge in [-0.3, -0.25) is 9.78 Å². The van der Waals surface area contributed by atoms with Crippen LogP contribution in [0.4, 0.5) is 0 Å². The topological polar surface area (TPSA) is 64.1 Å². The van der Waals surface area contributed by atoms with Gasteiger partial charge in [-0.25, -0.2) is 4.98 Å². The fraction of sp³-hybridized carbons (Fsp3) is 0.148. The highest BCUT2D eigenvalue weighted by Crippen LogP contribution is 2.29. The lowest BCUT2D eigenvalue weighted by molar-refractivity contribution is 0.0941. The van der Waals surface area contributed by atoms with Crippen molar-refractivity contribution < 1.29 is 9.53 Å². The minimum absolute atomic E-state index is 0.274. The summed E-state index contributed by atoms with van der Waals surface area (Å²) < 4.78 is 5.63. The Balaban J connectivity index is 1.55. The van der Waals surface area contributed by atoms with E-state index in [0.29, 0.717) is 18.8 Å². The van der Waals surface area contributed by atoms with Gasteiger partial charge in [-0.15, -0.1) is 0 Å². The van der Waals surface area contributed by atoms with Gasteiger partial charge < -0.3 is 10.1 Å². The van der Waals surface area contributed by atoms with E-state index in [1.54, 1.807) is 0 Å². The molecule has 0 radical (unpaired) electrons.